The van der Waals surface area contributed by atoms with E-state index in [1.54, 1.807) is 14.2 Å². The third-order valence-corrected chi connectivity index (χ3v) is 5.27. The second-order valence-electron chi connectivity index (χ2n) is 7.19. The van der Waals surface area contributed by atoms with Gasteiger partial charge < -0.3 is 20.1 Å². The normalized spacial score (nSPS) is 15.8. The zero-order valence-corrected chi connectivity index (χ0v) is 20.4. The number of para-hydroxylation sites is 1. The van der Waals surface area contributed by atoms with Crippen LogP contribution in [0.4, 0.5) is 0 Å². The van der Waals surface area contributed by atoms with Gasteiger partial charge in [-0.3, -0.25) is 9.89 Å². The predicted molar refractivity (Wildman–Crippen MR) is 133 cm³/mol. The van der Waals surface area contributed by atoms with Gasteiger partial charge in [0.1, 0.15) is 5.75 Å². The number of hydrogen-bond acceptors (Lipinski definition) is 4. The molecule has 0 bridgehead atoms. The van der Waals surface area contributed by atoms with E-state index in [2.05, 4.69) is 57.8 Å². The van der Waals surface area contributed by atoms with Crippen LogP contribution in [0.5, 0.6) is 5.75 Å². The van der Waals surface area contributed by atoms with Crippen LogP contribution in [0.2, 0.25) is 0 Å². The van der Waals surface area contributed by atoms with Crippen LogP contribution in [0.3, 0.4) is 0 Å². The molecule has 0 aliphatic carbocycles. The molecule has 1 atom stereocenters. The lowest BCUT2D eigenvalue weighted by atomic mass is 10.0. The molecule has 0 radical (unpaired) electrons. The van der Waals surface area contributed by atoms with Gasteiger partial charge in [0.2, 0.25) is 0 Å². The smallest absolute Gasteiger partial charge is 0.191 e. The number of ether oxygens (including phenoxy) is 2. The van der Waals surface area contributed by atoms with E-state index in [9.17, 15) is 0 Å². The van der Waals surface area contributed by atoms with Crippen LogP contribution in [0, 0.1) is 6.92 Å². The van der Waals surface area contributed by atoms with E-state index in [1.165, 1.54) is 11.1 Å². The number of rotatable bonds is 7. The van der Waals surface area contributed by atoms with Crippen molar-refractivity contribution in [1.29, 1.82) is 0 Å². The third kappa shape index (κ3) is 6.85. The molecule has 0 saturated carbocycles. The first-order valence-corrected chi connectivity index (χ1v) is 10.2. The molecule has 1 heterocycles. The first-order valence-electron chi connectivity index (χ1n) is 10.2. The van der Waals surface area contributed by atoms with Gasteiger partial charge in [0, 0.05) is 38.8 Å². The molecule has 1 saturated heterocycles. The second-order valence-corrected chi connectivity index (χ2v) is 7.19. The Morgan fingerprint density at radius 2 is 1.80 bits per heavy atom. The lowest BCUT2D eigenvalue weighted by Gasteiger charge is -2.35. The Labute approximate surface area is 197 Å². The Kier molecular flexibility index (Phi) is 10.4. The van der Waals surface area contributed by atoms with Crippen LogP contribution >= 0.6 is 24.0 Å². The number of nitrogens with zero attached hydrogens (tertiary/aromatic N) is 2. The molecule has 2 N–H and O–H groups in total. The van der Waals surface area contributed by atoms with E-state index in [4.69, 9.17) is 9.47 Å². The van der Waals surface area contributed by atoms with Crippen LogP contribution < -0.4 is 15.4 Å². The standard InChI is InChI=1S/C23H32N4O2.HI/c1-18-8-10-19(11-9-18)21(27-12-14-29-15-13-27)17-26-23(24-2)25-16-20-6-4-5-7-22(20)28-3;/h4-11,21H,12-17H2,1-3H3,(H2,24,25,26);1H. The van der Waals surface area contributed by atoms with Gasteiger partial charge in [0.25, 0.3) is 0 Å². The van der Waals surface area contributed by atoms with Gasteiger partial charge in [0.15, 0.2) is 5.96 Å². The van der Waals surface area contributed by atoms with E-state index in [1.807, 2.05) is 18.2 Å². The Hall–Kier alpha value is -1.84. The number of morpholine rings is 1. The van der Waals surface area contributed by atoms with Crippen molar-refractivity contribution in [2.75, 3.05) is 47.0 Å². The molecular formula is C23H33IN4O2. The summed E-state index contributed by atoms with van der Waals surface area (Å²) in [4.78, 5) is 6.87. The molecule has 1 unspecified atom stereocenters. The van der Waals surface area contributed by atoms with E-state index in [0.29, 0.717) is 6.54 Å². The van der Waals surface area contributed by atoms with Gasteiger partial charge in [-0.25, -0.2) is 0 Å². The summed E-state index contributed by atoms with van der Waals surface area (Å²) >= 11 is 0. The molecule has 2 aromatic carbocycles. The minimum absolute atomic E-state index is 0. The van der Waals surface area contributed by atoms with Crippen molar-refractivity contribution in [3.8, 4) is 5.75 Å². The van der Waals surface area contributed by atoms with Crippen LogP contribution in [0.1, 0.15) is 22.7 Å². The number of guanidine groups is 1. The largest absolute Gasteiger partial charge is 0.496 e. The molecule has 7 heteroatoms. The SMILES string of the molecule is CN=C(NCc1ccccc1OC)NCC(c1ccc(C)cc1)N1CCOCC1.I. The molecule has 1 aliphatic heterocycles. The van der Waals surface area contributed by atoms with E-state index in [0.717, 1.165) is 50.1 Å². The van der Waals surface area contributed by atoms with Gasteiger partial charge in [-0.05, 0) is 18.6 Å². The van der Waals surface area contributed by atoms with Gasteiger partial charge >= 0.3 is 0 Å². The molecule has 0 aromatic heterocycles. The highest BCUT2D eigenvalue weighted by molar-refractivity contribution is 14.0. The number of methoxy groups -OCH3 is 1. The molecule has 164 valence electrons. The molecular weight excluding hydrogens is 491 g/mol. The monoisotopic (exact) mass is 524 g/mol. The van der Waals surface area contributed by atoms with Crippen LogP contribution in [-0.4, -0.2) is 57.9 Å². The fourth-order valence-corrected chi connectivity index (χ4v) is 3.58. The first kappa shape index (κ1) is 24.4. The van der Waals surface area contributed by atoms with Gasteiger partial charge in [0.05, 0.1) is 26.4 Å². The fraction of sp³-hybridized carbons (Fsp3) is 0.435. The van der Waals surface area contributed by atoms with E-state index in [-0.39, 0.29) is 30.0 Å². The second kappa shape index (κ2) is 12.8. The lowest BCUT2D eigenvalue weighted by molar-refractivity contribution is 0.0170. The summed E-state index contributed by atoms with van der Waals surface area (Å²) in [5.74, 6) is 1.66. The number of benzene rings is 2. The van der Waals surface area contributed by atoms with Crippen LogP contribution in [0.25, 0.3) is 0 Å². The number of aryl methyl sites for hydroxylation is 1. The summed E-state index contributed by atoms with van der Waals surface area (Å²) in [6, 6.07) is 17.1. The lowest BCUT2D eigenvalue weighted by Crippen LogP contribution is -2.46. The summed E-state index contributed by atoms with van der Waals surface area (Å²) in [6.45, 7) is 6.98. The maximum absolute atomic E-state index is 5.55. The van der Waals surface area contributed by atoms with Crippen molar-refractivity contribution < 1.29 is 9.47 Å². The van der Waals surface area contributed by atoms with Crippen molar-refractivity contribution in [2.24, 2.45) is 4.99 Å². The molecule has 2 aromatic rings. The first-order chi connectivity index (χ1) is 14.2. The Morgan fingerprint density at radius 1 is 1.10 bits per heavy atom. The van der Waals surface area contributed by atoms with Crippen molar-refractivity contribution >= 4 is 29.9 Å². The highest BCUT2D eigenvalue weighted by Crippen LogP contribution is 2.22. The van der Waals surface area contributed by atoms with Gasteiger partial charge in [-0.2, -0.15) is 0 Å². The quantitative estimate of drug-likeness (QED) is 0.331. The van der Waals surface area contributed by atoms with Crippen LogP contribution in [-0.2, 0) is 11.3 Å². The summed E-state index contributed by atoms with van der Waals surface area (Å²) in [5, 5.41) is 6.90. The van der Waals surface area contributed by atoms with E-state index >= 15 is 0 Å². The summed E-state index contributed by atoms with van der Waals surface area (Å²) in [5.41, 5.74) is 3.68. The number of halogens is 1. The minimum Gasteiger partial charge on any atom is -0.496 e. The molecule has 3 rings (SSSR count). The molecule has 1 fully saturated rings. The summed E-state index contributed by atoms with van der Waals surface area (Å²) in [6.07, 6.45) is 0. The summed E-state index contributed by atoms with van der Waals surface area (Å²) < 4.78 is 11.0. The van der Waals surface area contributed by atoms with Crippen molar-refractivity contribution in [1.82, 2.24) is 15.5 Å². The maximum atomic E-state index is 5.55. The average molecular weight is 524 g/mol. The molecule has 0 spiro atoms. The zero-order chi connectivity index (χ0) is 20.5. The Bertz CT molecular complexity index is 792. The van der Waals surface area contributed by atoms with Crippen molar-refractivity contribution in [3.63, 3.8) is 0 Å². The number of aliphatic imine (C=N–C) groups is 1. The maximum Gasteiger partial charge on any atom is 0.191 e. The predicted octanol–water partition coefficient (Wildman–Crippen LogP) is 3.36. The van der Waals surface area contributed by atoms with Crippen molar-refractivity contribution in [3.05, 3.63) is 65.2 Å². The van der Waals surface area contributed by atoms with E-state index < -0.39 is 0 Å². The molecule has 30 heavy (non-hydrogen) atoms. The van der Waals surface area contributed by atoms with Crippen LogP contribution in [0.15, 0.2) is 53.5 Å². The summed E-state index contributed by atoms with van der Waals surface area (Å²) in [7, 11) is 3.49. The Morgan fingerprint density at radius 3 is 2.47 bits per heavy atom. The topological polar surface area (TPSA) is 58.1 Å². The third-order valence-electron chi connectivity index (χ3n) is 5.27. The molecule has 6 nitrogen and oxygen atoms in total. The Balaban J connectivity index is 0.00000320. The highest BCUT2D eigenvalue weighted by atomic mass is 127. The fourth-order valence-electron chi connectivity index (χ4n) is 3.58. The van der Waals surface area contributed by atoms with Crippen molar-refractivity contribution in [2.45, 2.75) is 19.5 Å². The number of hydrogen-bond donors (Lipinski definition) is 2. The molecule has 0 amide bonds. The van der Waals surface area contributed by atoms with Gasteiger partial charge in [-0.15, -0.1) is 24.0 Å². The van der Waals surface area contributed by atoms with Gasteiger partial charge in [-0.1, -0.05) is 48.0 Å². The minimum atomic E-state index is 0. The number of nitrogens with one attached hydrogen (secondary N) is 2. The zero-order valence-electron chi connectivity index (χ0n) is 18.1. The molecule has 1 aliphatic rings. The highest BCUT2D eigenvalue weighted by Gasteiger charge is 2.22. The average Bonchev–Trinajstić information content (AvgIpc) is 2.78.